The standard InChI is InChI=1S/C23H25N5O4/c1-32-20-6-4-5-17(15-20)22(26-12-2-3-13-26)16-24-23(29)21-11-14-27(25-21)18-7-9-19(10-8-18)28(30)31/h4-11,14-15,22H,2-3,12-13,16H2,1H3,(H,24,29). The van der Waals surface area contributed by atoms with Crippen LogP contribution >= 0.6 is 0 Å². The summed E-state index contributed by atoms with van der Waals surface area (Å²) in [5.41, 5.74) is 2.03. The Balaban J connectivity index is 1.46. The van der Waals surface area contributed by atoms with Gasteiger partial charge in [-0.25, -0.2) is 4.68 Å². The summed E-state index contributed by atoms with van der Waals surface area (Å²) < 4.78 is 6.90. The number of carbonyl (C=O) groups excluding carboxylic acids is 1. The molecule has 2 heterocycles. The van der Waals surface area contributed by atoms with Crippen LogP contribution in [0, 0.1) is 10.1 Å². The van der Waals surface area contributed by atoms with E-state index in [1.54, 1.807) is 31.5 Å². The van der Waals surface area contributed by atoms with Gasteiger partial charge in [-0.1, -0.05) is 12.1 Å². The first kappa shape index (κ1) is 21.5. The van der Waals surface area contributed by atoms with Crippen molar-refractivity contribution in [2.45, 2.75) is 18.9 Å². The Morgan fingerprint density at radius 2 is 1.94 bits per heavy atom. The number of methoxy groups -OCH3 is 1. The highest BCUT2D eigenvalue weighted by Gasteiger charge is 2.25. The Morgan fingerprint density at radius 3 is 2.62 bits per heavy atom. The van der Waals surface area contributed by atoms with Crippen LogP contribution in [-0.4, -0.2) is 52.3 Å². The van der Waals surface area contributed by atoms with Crippen LogP contribution in [-0.2, 0) is 0 Å². The molecule has 1 amide bonds. The number of nitro groups is 1. The van der Waals surface area contributed by atoms with Crippen molar-refractivity contribution in [3.05, 3.63) is 82.2 Å². The highest BCUT2D eigenvalue weighted by atomic mass is 16.6. The number of rotatable bonds is 8. The predicted octanol–water partition coefficient (Wildman–Crippen LogP) is 3.36. The van der Waals surface area contributed by atoms with Crippen molar-refractivity contribution in [2.75, 3.05) is 26.7 Å². The molecule has 1 unspecified atom stereocenters. The molecule has 0 saturated carbocycles. The number of likely N-dealkylation sites (tertiary alicyclic amines) is 1. The Labute approximate surface area is 185 Å². The fourth-order valence-electron chi connectivity index (χ4n) is 3.96. The molecule has 1 fully saturated rings. The molecular formula is C23H25N5O4. The van der Waals surface area contributed by atoms with Gasteiger partial charge in [-0.15, -0.1) is 0 Å². The molecule has 1 saturated heterocycles. The number of nitrogens with zero attached hydrogens (tertiary/aromatic N) is 4. The number of nitrogens with one attached hydrogen (secondary N) is 1. The third kappa shape index (κ3) is 4.78. The Kier molecular flexibility index (Phi) is 6.46. The van der Waals surface area contributed by atoms with Crippen molar-refractivity contribution in [1.29, 1.82) is 0 Å². The van der Waals surface area contributed by atoms with E-state index < -0.39 is 4.92 Å². The Hall–Kier alpha value is -3.72. The summed E-state index contributed by atoms with van der Waals surface area (Å²) in [5, 5.41) is 18.2. The number of benzene rings is 2. The average molecular weight is 435 g/mol. The zero-order chi connectivity index (χ0) is 22.5. The number of non-ortho nitro benzene ring substituents is 1. The van der Waals surface area contributed by atoms with Crippen LogP contribution in [0.25, 0.3) is 5.69 Å². The number of nitro benzene ring substituents is 1. The average Bonchev–Trinajstić information content (AvgIpc) is 3.52. The molecule has 0 spiro atoms. The molecule has 3 aromatic rings. The number of aromatic nitrogens is 2. The first-order valence-corrected chi connectivity index (χ1v) is 10.5. The minimum Gasteiger partial charge on any atom is -0.497 e. The molecule has 1 N–H and O–H groups in total. The lowest BCUT2D eigenvalue weighted by Gasteiger charge is -2.28. The van der Waals surface area contributed by atoms with Gasteiger partial charge in [0, 0.05) is 24.9 Å². The van der Waals surface area contributed by atoms with Crippen molar-refractivity contribution in [3.8, 4) is 11.4 Å². The normalized spacial score (nSPS) is 14.8. The van der Waals surface area contributed by atoms with E-state index in [0.29, 0.717) is 12.2 Å². The maximum atomic E-state index is 12.8. The summed E-state index contributed by atoms with van der Waals surface area (Å²) in [5.74, 6) is 0.526. The second kappa shape index (κ2) is 9.61. The summed E-state index contributed by atoms with van der Waals surface area (Å²) in [7, 11) is 1.65. The lowest BCUT2D eigenvalue weighted by atomic mass is 10.0. The van der Waals surface area contributed by atoms with E-state index in [4.69, 9.17) is 4.74 Å². The summed E-state index contributed by atoms with van der Waals surface area (Å²) >= 11 is 0. The van der Waals surface area contributed by atoms with Crippen LogP contribution in [0.1, 0.15) is 34.9 Å². The molecule has 9 nitrogen and oxygen atoms in total. The monoisotopic (exact) mass is 435 g/mol. The zero-order valence-corrected chi connectivity index (χ0v) is 17.8. The van der Waals surface area contributed by atoms with E-state index >= 15 is 0 Å². The van der Waals surface area contributed by atoms with Gasteiger partial charge in [-0.2, -0.15) is 5.10 Å². The topological polar surface area (TPSA) is 103 Å². The van der Waals surface area contributed by atoms with E-state index in [0.717, 1.165) is 37.2 Å². The van der Waals surface area contributed by atoms with Crippen LogP contribution in [0.3, 0.4) is 0 Å². The molecule has 1 atom stereocenters. The number of amides is 1. The number of carbonyl (C=O) groups is 1. The number of hydrogen-bond donors (Lipinski definition) is 1. The number of ether oxygens (including phenoxy) is 1. The summed E-state index contributed by atoms with van der Waals surface area (Å²) in [6.07, 6.45) is 3.96. The molecular weight excluding hydrogens is 410 g/mol. The first-order chi connectivity index (χ1) is 15.5. The molecule has 1 aromatic heterocycles. The first-order valence-electron chi connectivity index (χ1n) is 10.5. The lowest BCUT2D eigenvalue weighted by Crippen LogP contribution is -2.37. The van der Waals surface area contributed by atoms with Crippen molar-refractivity contribution >= 4 is 11.6 Å². The smallest absolute Gasteiger partial charge is 0.271 e. The molecule has 1 aliphatic heterocycles. The number of hydrogen-bond acceptors (Lipinski definition) is 6. The SMILES string of the molecule is COc1cccc(C(CNC(=O)c2ccn(-c3ccc([N+](=O)[O-])cc3)n2)N2CCCC2)c1. The Morgan fingerprint density at radius 1 is 1.19 bits per heavy atom. The van der Waals surface area contributed by atoms with Crippen LogP contribution in [0.5, 0.6) is 5.75 Å². The Bertz CT molecular complexity index is 1090. The lowest BCUT2D eigenvalue weighted by molar-refractivity contribution is -0.384. The minimum atomic E-state index is -0.454. The van der Waals surface area contributed by atoms with Gasteiger partial charge in [0.25, 0.3) is 11.6 Å². The maximum Gasteiger partial charge on any atom is 0.271 e. The predicted molar refractivity (Wildman–Crippen MR) is 119 cm³/mol. The van der Waals surface area contributed by atoms with Gasteiger partial charge in [-0.3, -0.25) is 19.8 Å². The van der Waals surface area contributed by atoms with E-state index in [-0.39, 0.29) is 23.3 Å². The molecule has 0 radical (unpaired) electrons. The maximum absolute atomic E-state index is 12.8. The fourth-order valence-corrected chi connectivity index (χ4v) is 3.96. The van der Waals surface area contributed by atoms with Crippen molar-refractivity contribution in [3.63, 3.8) is 0 Å². The molecule has 0 aliphatic carbocycles. The molecule has 166 valence electrons. The van der Waals surface area contributed by atoms with Crippen LogP contribution in [0.2, 0.25) is 0 Å². The van der Waals surface area contributed by atoms with Crippen molar-refractivity contribution in [2.24, 2.45) is 0 Å². The van der Waals surface area contributed by atoms with Gasteiger partial charge >= 0.3 is 0 Å². The van der Waals surface area contributed by atoms with Crippen molar-refractivity contribution < 1.29 is 14.5 Å². The highest BCUT2D eigenvalue weighted by Crippen LogP contribution is 2.27. The van der Waals surface area contributed by atoms with Gasteiger partial charge in [0.05, 0.1) is 23.8 Å². The van der Waals surface area contributed by atoms with Crippen LogP contribution in [0.15, 0.2) is 60.8 Å². The third-order valence-corrected chi connectivity index (χ3v) is 5.66. The van der Waals surface area contributed by atoms with Gasteiger partial charge < -0.3 is 10.1 Å². The highest BCUT2D eigenvalue weighted by molar-refractivity contribution is 5.92. The van der Waals surface area contributed by atoms with E-state index in [9.17, 15) is 14.9 Å². The summed E-state index contributed by atoms with van der Waals surface area (Å²) in [6.45, 7) is 2.44. The summed E-state index contributed by atoms with van der Waals surface area (Å²) in [4.78, 5) is 25.5. The second-order valence-electron chi connectivity index (χ2n) is 7.66. The van der Waals surface area contributed by atoms with Gasteiger partial charge in [0.15, 0.2) is 5.69 Å². The molecule has 32 heavy (non-hydrogen) atoms. The molecule has 2 aromatic carbocycles. The molecule has 9 heteroatoms. The van der Waals surface area contributed by atoms with E-state index in [2.05, 4.69) is 21.4 Å². The third-order valence-electron chi connectivity index (χ3n) is 5.66. The molecule has 4 rings (SSSR count). The second-order valence-corrected chi connectivity index (χ2v) is 7.66. The van der Waals surface area contributed by atoms with E-state index in [1.165, 1.54) is 16.8 Å². The van der Waals surface area contributed by atoms with Gasteiger partial charge in [0.2, 0.25) is 0 Å². The van der Waals surface area contributed by atoms with Crippen LogP contribution in [0.4, 0.5) is 5.69 Å². The van der Waals surface area contributed by atoms with Crippen LogP contribution < -0.4 is 10.1 Å². The summed E-state index contributed by atoms with van der Waals surface area (Å²) in [6, 6.07) is 15.6. The molecule has 0 bridgehead atoms. The largest absolute Gasteiger partial charge is 0.497 e. The molecule has 1 aliphatic rings. The van der Waals surface area contributed by atoms with Gasteiger partial charge in [-0.05, 0) is 61.8 Å². The minimum absolute atomic E-state index is 0.00405. The van der Waals surface area contributed by atoms with Gasteiger partial charge in [0.1, 0.15) is 5.75 Å². The fraction of sp³-hybridized carbons (Fsp3) is 0.304. The van der Waals surface area contributed by atoms with Crippen molar-refractivity contribution in [1.82, 2.24) is 20.0 Å². The van der Waals surface area contributed by atoms with E-state index in [1.807, 2.05) is 18.2 Å². The quantitative estimate of drug-likeness (QED) is 0.430. The zero-order valence-electron chi connectivity index (χ0n) is 17.8.